The van der Waals surface area contributed by atoms with Crippen molar-refractivity contribution in [2.45, 2.75) is 84.7 Å². The minimum atomic E-state index is -1.87. The molecule has 0 radical (unpaired) electrons. The summed E-state index contributed by atoms with van der Waals surface area (Å²) >= 11 is 0. The van der Waals surface area contributed by atoms with Crippen LogP contribution >= 0.6 is 0 Å². The fourth-order valence-electron chi connectivity index (χ4n) is 7.10. The summed E-state index contributed by atoms with van der Waals surface area (Å²) in [6, 6.07) is 33.8. The van der Waals surface area contributed by atoms with Crippen molar-refractivity contribution in [1.82, 2.24) is 0 Å². The highest BCUT2D eigenvalue weighted by Crippen LogP contribution is 2.45. The second-order valence-corrected chi connectivity index (χ2v) is 17.9. The van der Waals surface area contributed by atoms with Gasteiger partial charge >= 0.3 is 0 Å². The monoisotopic (exact) mass is 566 g/mol. The number of benzene rings is 4. The van der Waals surface area contributed by atoms with Gasteiger partial charge in [0.2, 0.25) is 0 Å². The molecule has 2 aliphatic rings. The van der Waals surface area contributed by atoms with Crippen LogP contribution in [0.15, 0.2) is 95.3 Å². The van der Waals surface area contributed by atoms with Crippen molar-refractivity contribution in [3.63, 3.8) is 0 Å². The maximum absolute atomic E-state index is 2.67. The van der Waals surface area contributed by atoms with E-state index in [0.717, 1.165) is 12.8 Å². The molecule has 214 valence electrons. The Hall–Kier alpha value is -3.42. The maximum Gasteiger partial charge on any atom is 0.106 e. The van der Waals surface area contributed by atoms with Gasteiger partial charge in [0.1, 0.15) is 8.07 Å². The van der Waals surface area contributed by atoms with E-state index < -0.39 is 8.07 Å². The molecule has 0 bridgehead atoms. The van der Waals surface area contributed by atoms with E-state index in [4.69, 9.17) is 0 Å². The minimum absolute atomic E-state index is 0.557. The molecular weight excluding hydrogens is 521 g/mol. The molecule has 0 spiro atoms. The van der Waals surface area contributed by atoms with Crippen molar-refractivity contribution in [2.75, 3.05) is 0 Å². The summed E-state index contributed by atoms with van der Waals surface area (Å²) in [5.41, 5.74) is 14.2. The van der Waals surface area contributed by atoms with Crippen LogP contribution in [0.5, 0.6) is 0 Å². The Morgan fingerprint density at radius 1 is 0.595 bits per heavy atom. The van der Waals surface area contributed by atoms with E-state index >= 15 is 0 Å². The lowest BCUT2D eigenvalue weighted by Gasteiger charge is -2.31. The van der Waals surface area contributed by atoms with Gasteiger partial charge in [0.15, 0.2) is 0 Å². The van der Waals surface area contributed by atoms with Gasteiger partial charge in [-0.25, -0.2) is 0 Å². The van der Waals surface area contributed by atoms with Gasteiger partial charge in [0.05, 0.1) is 0 Å². The lowest BCUT2D eigenvalue weighted by atomic mass is 9.94. The Kier molecular flexibility index (Phi) is 7.98. The van der Waals surface area contributed by atoms with Crippen LogP contribution < -0.4 is 0 Å². The Morgan fingerprint density at radius 2 is 1.02 bits per heavy atom. The van der Waals surface area contributed by atoms with E-state index in [0.29, 0.717) is 11.8 Å². The first-order chi connectivity index (χ1) is 20.3. The van der Waals surface area contributed by atoms with Crippen molar-refractivity contribution >= 4 is 20.2 Å². The van der Waals surface area contributed by atoms with Gasteiger partial charge in [-0.15, -0.1) is 0 Å². The maximum atomic E-state index is 2.67. The third-order valence-corrected chi connectivity index (χ3v) is 14.8. The third kappa shape index (κ3) is 5.29. The molecule has 0 nitrogen and oxygen atoms in total. The van der Waals surface area contributed by atoms with E-state index in [1.165, 1.54) is 74.5 Å². The second kappa shape index (κ2) is 11.7. The Balaban J connectivity index is 1.38. The lowest BCUT2D eigenvalue weighted by molar-refractivity contribution is 0.866. The fraction of sp³-hybridized carbons (Fsp3) is 0.317. The van der Waals surface area contributed by atoms with Crippen LogP contribution in [0.1, 0.15) is 92.7 Å². The molecule has 0 heterocycles. The fourth-order valence-corrected chi connectivity index (χ4v) is 11.3. The van der Waals surface area contributed by atoms with Gasteiger partial charge in [-0.1, -0.05) is 168 Å². The highest BCUT2D eigenvalue weighted by molar-refractivity contribution is 6.93. The van der Waals surface area contributed by atoms with Crippen molar-refractivity contribution in [1.29, 1.82) is 0 Å². The second-order valence-electron chi connectivity index (χ2n) is 13.4. The van der Waals surface area contributed by atoms with Crippen molar-refractivity contribution in [2.24, 2.45) is 0 Å². The Morgan fingerprint density at radius 3 is 1.40 bits per heavy atom. The molecule has 1 heteroatoms. The summed E-state index contributed by atoms with van der Waals surface area (Å²) in [6.07, 6.45) is 10.0. The normalized spacial score (nSPS) is 14.3. The molecule has 0 amide bonds. The zero-order chi connectivity index (χ0) is 29.4. The van der Waals surface area contributed by atoms with Crippen LogP contribution in [0.4, 0.5) is 0 Å². The zero-order valence-corrected chi connectivity index (χ0v) is 27.4. The topological polar surface area (TPSA) is 0 Å². The van der Waals surface area contributed by atoms with Gasteiger partial charge in [-0.2, -0.15) is 0 Å². The van der Waals surface area contributed by atoms with Crippen molar-refractivity contribution < 1.29 is 0 Å². The third-order valence-electron chi connectivity index (χ3n) is 10.0. The van der Waals surface area contributed by atoms with Crippen LogP contribution in [0.25, 0.3) is 34.4 Å². The predicted molar refractivity (Wildman–Crippen MR) is 187 cm³/mol. The van der Waals surface area contributed by atoms with Crippen LogP contribution in [-0.4, -0.2) is 8.07 Å². The predicted octanol–water partition coefficient (Wildman–Crippen LogP) is 11.8. The first kappa shape index (κ1) is 28.7. The summed E-state index contributed by atoms with van der Waals surface area (Å²) in [4.78, 5) is 0. The average Bonchev–Trinajstić information content (AvgIpc) is 3.65. The minimum Gasteiger partial charge on any atom is -0.0712 e. The SMILES string of the molecule is CCCC[Si](C)(C1=Cc2c(cccc2-c2ccc(C(C)C)cc2)C1)C1=Cc2c(cccc2-c2ccc(C(C)C)cc2)C1. The van der Waals surface area contributed by atoms with Gasteiger partial charge < -0.3 is 0 Å². The summed E-state index contributed by atoms with van der Waals surface area (Å²) in [5.74, 6) is 1.11. The molecule has 2 aliphatic carbocycles. The molecule has 0 aromatic heterocycles. The Bertz CT molecular complexity index is 1530. The van der Waals surface area contributed by atoms with Crippen molar-refractivity contribution in [3.8, 4) is 22.3 Å². The largest absolute Gasteiger partial charge is 0.106 e. The van der Waals surface area contributed by atoms with E-state index in [-0.39, 0.29) is 0 Å². The molecule has 0 atom stereocenters. The quantitative estimate of drug-likeness (QED) is 0.177. The van der Waals surface area contributed by atoms with E-state index in [1.54, 1.807) is 10.4 Å². The molecule has 0 unspecified atom stereocenters. The molecule has 6 rings (SSSR count). The van der Waals surface area contributed by atoms with E-state index in [9.17, 15) is 0 Å². The van der Waals surface area contributed by atoms with Crippen LogP contribution in [0, 0.1) is 0 Å². The molecule has 4 aromatic carbocycles. The van der Waals surface area contributed by atoms with Gasteiger partial charge in [0.25, 0.3) is 0 Å². The first-order valence-electron chi connectivity index (χ1n) is 16.1. The van der Waals surface area contributed by atoms with Gasteiger partial charge in [-0.05, 0) is 80.3 Å². The number of hydrogen-bond acceptors (Lipinski definition) is 0. The van der Waals surface area contributed by atoms with Gasteiger partial charge in [-0.3, -0.25) is 0 Å². The van der Waals surface area contributed by atoms with E-state index in [2.05, 4.69) is 138 Å². The standard InChI is InChI=1S/C41H46Si/c1-7-8-23-42(6,36-24-34-11-9-13-38(40(34)26-36)32-19-15-30(16-20-32)28(2)3)37-25-35-12-10-14-39(41(35)27-37)33-21-17-31(18-22-33)29(4)5/h9-22,26-29H,7-8,23-25H2,1-6H3. The van der Waals surface area contributed by atoms with Crippen LogP contribution in [-0.2, 0) is 12.8 Å². The number of hydrogen-bond donors (Lipinski definition) is 0. The van der Waals surface area contributed by atoms with Crippen LogP contribution in [0.3, 0.4) is 0 Å². The van der Waals surface area contributed by atoms with E-state index in [1.807, 2.05) is 0 Å². The first-order valence-corrected chi connectivity index (χ1v) is 18.9. The summed E-state index contributed by atoms with van der Waals surface area (Å²) in [6.45, 7) is 14.1. The summed E-state index contributed by atoms with van der Waals surface area (Å²) < 4.78 is 0. The number of rotatable bonds is 9. The summed E-state index contributed by atoms with van der Waals surface area (Å²) in [5, 5.41) is 3.44. The molecule has 4 aromatic rings. The summed E-state index contributed by atoms with van der Waals surface area (Å²) in [7, 11) is -1.87. The molecular formula is C41H46Si. The molecule has 0 saturated heterocycles. The van der Waals surface area contributed by atoms with Crippen LogP contribution in [0.2, 0.25) is 12.6 Å². The molecule has 0 N–H and O–H groups in total. The smallest absolute Gasteiger partial charge is 0.0712 e. The van der Waals surface area contributed by atoms with Gasteiger partial charge in [0, 0.05) is 0 Å². The lowest BCUT2D eigenvalue weighted by Crippen LogP contribution is -2.36. The molecule has 0 saturated carbocycles. The number of unbranched alkanes of at least 4 members (excludes halogenated alkanes) is 1. The Labute approximate surface area is 255 Å². The highest BCUT2D eigenvalue weighted by atomic mass is 28.3. The molecule has 0 aliphatic heterocycles. The molecule has 42 heavy (non-hydrogen) atoms. The number of allylic oxidation sites excluding steroid dienone is 2. The van der Waals surface area contributed by atoms with Crippen molar-refractivity contribution in [3.05, 3.63) is 129 Å². The zero-order valence-electron chi connectivity index (χ0n) is 26.4. The highest BCUT2D eigenvalue weighted by Gasteiger charge is 2.39. The number of fused-ring (bicyclic) bond motifs is 2. The molecule has 0 fully saturated rings. The average molecular weight is 567 g/mol.